The molecule has 1 aromatic heterocycles. The highest BCUT2D eigenvalue weighted by Crippen LogP contribution is 2.13. The molecule has 5 heteroatoms. The number of halogens is 1. The lowest BCUT2D eigenvalue weighted by atomic mass is 10.3. The molecule has 0 bridgehead atoms. The average Bonchev–Trinajstić information content (AvgIpc) is 2.16. The van der Waals surface area contributed by atoms with E-state index in [0.717, 1.165) is 6.07 Å². The van der Waals surface area contributed by atoms with Gasteiger partial charge >= 0.3 is 0 Å². The lowest BCUT2D eigenvalue weighted by Gasteiger charge is -2.04. The third-order valence-corrected chi connectivity index (χ3v) is 1.47. The van der Waals surface area contributed by atoms with E-state index in [4.69, 9.17) is 10.1 Å². The van der Waals surface area contributed by atoms with Crippen molar-refractivity contribution in [1.29, 1.82) is 5.41 Å². The third-order valence-electron chi connectivity index (χ3n) is 1.47. The summed E-state index contributed by atoms with van der Waals surface area (Å²) in [6, 6.07) is 1.15. The van der Waals surface area contributed by atoms with Crippen molar-refractivity contribution < 1.29 is 13.9 Å². The van der Waals surface area contributed by atoms with Crippen molar-refractivity contribution in [2.45, 2.75) is 0 Å². The monoisotopic (exact) mass is 184 g/mol. The van der Waals surface area contributed by atoms with Crippen molar-refractivity contribution in [2.24, 2.45) is 0 Å². The minimum absolute atomic E-state index is 0.122. The van der Waals surface area contributed by atoms with Crippen molar-refractivity contribution in [2.75, 3.05) is 14.2 Å². The highest BCUT2D eigenvalue weighted by atomic mass is 19.1. The van der Waals surface area contributed by atoms with Gasteiger partial charge in [-0.2, -0.15) is 0 Å². The van der Waals surface area contributed by atoms with Crippen LogP contribution in [0.25, 0.3) is 0 Å². The Morgan fingerprint density at radius 2 is 2.23 bits per heavy atom. The van der Waals surface area contributed by atoms with Gasteiger partial charge in [0.1, 0.15) is 5.75 Å². The molecule has 1 N–H and O–H groups in total. The topological polar surface area (TPSA) is 55.2 Å². The largest absolute Gasteiger partial charge is 0.495 e. The predicted molar refractivity (Wildman–Crippen MR) is 44.6 cm³/mol. The molecule has 0 saturated heterocycles. The van der Waals surface area contributed by atoms with Crippen LogP contribution in [-0.4, -0.2) is 25.1 Å². The highest BCUT2D eigenvalue weighted by Gasteiger charge is 2.10. The summed E-state index contributed by atoms with van der Waals surface area (Å²) in [5.41, 5.74) is -0.122. The van der Waals surface area contributed by atoms with Gasteiger partial charge in [0.25, 0.3) is 0 Å². The number of pyridine rings is 1. The summed E-state index contributed by atoms with van der Waals surface area (Å²) < 4.78 is 22.4. The molecule has 0 spiro atoms. The van der Waals surface area contributed by atoms with E-state index in [1.165, 1.54) is 20.4 Å². The minimum Gasteiger partial charge on any atom is -0.495 e. The second kappa shape index (κ2) is 3.84. The van der Waals surface area contributed by atoms with Crippen LogP contribution in [0.4, 0.5) is 4.39 Å². The van der Waals surface area contributed by atoms with Crippen LogP contribution in [0.3, 0.4) is 0 Å². The Hall–Kier alpha value is -1.65. The van der Waals surface area contributed by atoms with Crippen molar-refractivity contribution in [1.82, 2.24) is 4.98 Å². The average molecular weight is 184 g/mol. The minimum atomic E-state index is -0.633. The first-order valence-electron chi connectivity index (χ1n) is 3.51. The molecule has 70 valence electrons. The van der Waals surface area contributed by atoms with Gasteiger partial charge < -0.3 is 9.47 Å². The zero-order valence-corrected chi connectivity index (χ0v) is 7.30. The second-order valence-corrected chi connectivity index (χ2v) is 2.24. The van der Waals surface area contributed by atoms with E-state index in [2.05, 4.69) is 9.72 Å². The summed E-state index contributed by atoms with van der Waals surface area (Å²) in [6.07, 6.45) is 1.33. The van der Waals surface area contributed by atoms with Crippen molar-refractivity contribution in [3.8, 4) is 5.75 Å². The molecule has 0 unspecified atom stereocenters. The van der Waals surface area contributed by atoms with Gasteiger partial charge in [-0.1, -0.05) is 0 Å². The van der Waals surface area contributed by atoms with Gasteiger partial charge in [0.15, 0.2) is 11.5 Å². The van der Waals surface area contributed by atoms with Gasteiger partial charge in [-0.25, -0.2) is 9.37 Å². The number of methoxy groups -OCH3 is 2. The van der Waals surface area contributed by atoms with Gasteiger partial charge in [0.05, 0.1) is 20.4 Å². The van der Waals surface area contributed by atoms with E-state index >= 15 is 0 Å². The first-order valence-corrected chi connectivity index (χ1v) is 3.51. The SMILES string of the molecule is COC(=N)c1ncc(OC)cc1F. The number of rotatable bonds is 2. The van der Waals surface area contributed by atoms with E-state index in [1.807, 2.05) is 0 Å². The van der Waals surface area contributed by atoms with E-state index < -0.39 is 5.82 Å². The zero-order valence-electron chi connectivity index (χ0n) is 7.30. The highest BCUT2D eigenvalue weighted by molar-refractivity contribution is 5.89. The van der Waals surface area contributed by atoms with Gasteiger partial charge in [-0.05, 0) is 0 Å². The Bertz CT molecular complexity index is 328. The van der Waals surface area contributed by atoms with Crippen molar-refractivity contribution >= 4 is 5.90 Å². The molecule has 0 aliphatic rings. The molecule has 4 nitrogen and oxygen atoms in total. The summed E-state index contributed by atoms with van der Waals surface area (Å²) in [5.74, 6) is -0.628. The molecule has 0 radical (unpaired) electrons. The maximum atomic E-state index is 13.1. The lowest BCUT2D eigenvalue weighted by Crippen LogP contribution is -2.07. The fourth-order valence-electron chi connectivity index (χ4n) is 0.796. The number of ether oxygens (including phenoxy) is 2. The molecule has 0 aromatic carbocycles. The lowest BCUT2D eigenvalue weighted by molar-refractivity contribution is 0.392. The van der Waals surface area contributed by atoms with E-state index in [1.54, 1.807) is 0 Å². The summed E-state index contributed by atoms with van der Waals surface area (Å²) in [5, 5.41) is 7.18. The van der Waals surface area contributed by atoms with Crippen LogP contribution in [0, 0.1) is 11.2 Å². The van der Waals surface area contributed by atoms with Crippen LogP contribution < -0.4 is 4.74 Å². The van der Waals surface area contributed by atoms with Crippen molar-refractivity contribution in [3.05, 3.63) is 23.8 Å². The maximum absolute atomic E-state index is 13.1. The molecule has 0 atom stereocenters. The van der Waals surface area contributed by atoms with Crippen LogP contribution in [-0.2, 0) is 4.74 Å². The third kappa shape index (κ3) is 1.93. The van der Waals surface area contributed by atoms with Gasteiger partial charge in [-0.15, -0.1) is 0 Å². The van der Waals surface area contributed by atoms with E-state index in [-0.39, 0.29) is 11.6 Å². The van der Waals surface area contributed by atoms with Crippen LogP contribution in [0.15, 0.2) is 12.3 Å². The first-order chi connectivity index (χ1) is 6.19. The van der Waals surface area contributed by atoms with Crippen LogP contribution in [0.5, 0.6) is 5.75 Å². The van der Waals surface area contributed by atoms with Crippen molar-refractivity contribution in [3.63, 3.8) is 0 Å². The number of nitrogens with zero attached hydrogens (tertiary/aromatic N) is 1. The number of nitrogens with one attached hydrogen (secondary N) is 1. The molecular weight excluding hydrogens is 175 g/mol. The Morgan fingerprint density at radius 3 is 2.69 bits per heavy atom. The fourth-order valence-corrected chi connectivity index (χ4v) is 0.796. The van der Waals surface area contributed by atoms with Crippen LogP contribution in [0.1, 0.15) is 5.69 Å². The Labute approximate surface area is 74.8 Å². The molecule has 1 aromatic rings. The molecule has 0 amide bonds. The summed E-state index contributed by atoms with van der Waals surface area (Å²) >= 11 is 0. The number of hydrogen-bond donors (Lipinski definition) is 1. The Balaban J connectivity index is 3.05. The predicted octanol–water partition coefficient (Wildman–Crippen LogP) is 1.20. The zero-order chi connectivity index (χ0) is 9.84. The molecule has 1 heterocycles. The van der Waals surface area contributed by atoms with E-state index in [0.29, 0.717) is 5.75 Å². The van der Waals surface area contributed by atoms with E-state index in [9.17, 15) is 4.39 Å². The van der Waals surface area contributed by atoms with Gasteiger partial charge in [-0.3, -0.25) is 5.41 Å². The molecule has 1 rings (SSSR count). The second-order valence-electron chi connectivity index (χ2n) is 2.24. The van der Waals surface area contributed by atoms with Crippen LogP contribution in [0.2, 0.25) is 0 Å². The summed E-state index contributed by atoms with van der Waals surface area (Å²) in [6.45, 7) is 0. The van der Waals surface area contributed by atoms with Gasteiger partial charge in [0, 0.05) is 6.07 Å². The maximum Gasteiger partial charge on any atom is 0.235 e. The Morgan fingerprint density at radius 1 is 1.54 bits per heavy atom. The molecule has 0 fully saturated rings. The molecular formula is C8H9FN2O2. The summed E-state index contributed by atoms with van der Waals surface area (Å²) in [7, 11) is 2.70. The standard InChI is InChI=1S/C8H9FN2O2/c1-12-5-3-6(9)7(11-4-5)8(10)13-2/h3-4,10H,1-2H3. The van der Waals surface area contributed by atoms with Gasteiger partial charge in [0.2, 0.25) is 5.90 Å². The molecule has 0 aliphatic carbocycles. The number of aromatic nitrogens is 1. The normalized spacial score (nSPS) is 9.46. The first kappa shape index (κ1) is 9.44. The molecule has 13 heavy (non-hydrogen) atoms. The number of hydrogen-bond acceptors (Lipinski definition) is 4. The Kier molecular flexibility index (Phi) is 2.79. The summed E-state index contributed by atoms with van der Waals surface area (Å²) in [4.78, 5) is 3.67. The smallest absolute Gasteiger partial charge is 0.235 e. The quantitative estimate of drug-likeness (QED) is 0.555. The van der Waals surface area contributed by atoms with Crippen LogP contribution >= 0.6 is 0 Å². The fraction of sp³-hybridized carbons (Fsp3) is 0.250. The molecule has 0 saturated carbocycles. The molecule has 0 aliphatic heterocycles.